The normalized spacial score (nSPS) is 11.7. The van der Waals surface area contributed by atoms with Crippen LogP contribution in [0.2, 0.25) is 0 Å². The predicted octanol–water partition coefficient (Wildman–Crippen LogP) is 1.48. The van der Waals surface area contributed by atoms with Crippen molar-refractivity contribution in [2.45, 2.75) is 24.8 Å². The summed E-state index contributed by atoms with van der Waals surface area (Å²) in [6.45, 7) is 2.53. The highest BCUT2D eigenvalue weighted by atomic mass is 32.2. The average molecular weight is 335 g/mol. The van der Waals surface area contributed by atoms with Gasteiger partial charge in [-0.1, -0.05) is 19.1 Å². The van der Waals surface area contributed by atoms with Gasteiger partial charge in [-0.05, 0) is 24.1 Å². The molecule has 2 aromatic rings. The molecule has 124 valence electrons. The fraction of sp³-hybridized carbons (Fsp3) is 0.333. The van der Waals surface area contributed by atoms with Crippen molar-refractivity contribution < 1.29 is 8.42 Å². The molecule has 1 heterocycles. The van der Waals surface area contributed by atoms with Crippen LogP contribution in [0.5, 0.6) is 0 Å². The standard InChI is InChI=1S/C15H21N5O2S/c1-4-12-10-18-15(16)19-14(12)17-9-11-5-7-13(8-6-11)23(21,22)20(2)3/h5-8,10H,4,9H2,1-3H3,(H3,16,17,18,19). The minimum Gasteiger partial charge on any atom is -0.368 e. The SMILES string of the molecule is CCc1cnc(N)nc1NCc1ccc(S(=O)(=O)N(C)C)cc1. The number of sulfonamides is 1. The van der Waals surface area contributed by atoms with Crippen molar-refractivity contribution in [1.82, 2.24) is 14.3 Å². The van der Waals surface area contributed by atoms with Gasteiger partial charge in [0.25, 0.3) is 0 Å². The summed E-state index contributed by atoms with van der Waals surface area (Å²) in [5, 5.41) is 3.21. The first kappa shape index (κ1) is 17.2. The maximum absolute atomic E-state index is 12.0. The first-order valence-corrected chi connectivity index (χ1v) is 8.65. The maximum atomic E-state index is 12.0. The molecule has 0 aliphatic carbocycles. The number of nitrogen functional groups attached to an aromatic ring is 1. The third kappa shape index (κ3) is 3.96. The molecule has 0 saturated carbocycles. The number of nitrogens with two attached hydrogens (primary N) is 1. The molecule has 0 atom stereocenters. The van der Waals surface area contributed by atoms with E-state index in [-0.39, 0.29) is 10.8 Å². The van der Waals surface area contributed by atoms with E-state index in [0.29, 0.717) is 12.4 Å². The topological polar surface area (TPSA) is 101 Å². The molecule has 2 rings (SSSR count). The molecule has 0 unspecified atom stereocenters. The Morgan fingerprint density at radius 1 is 1.22 bits per heavy atom. The van der Waals surface area contributed by atoms with Gasteiger partial charge >= 0.3 is 0 Å². The number of rotatable bonds is 6. The van der Waals surface area contributed by atoms with Gasteiger partial charge in [0.2, 0.25) is 16.0 Å². The summed E-state index contributed by atoms with van der Waals surface area (Å²) in [5.74, 6) is 0.919. The van der Waals surface area contributed by atoms with Crippen LogP contribution in [0.1, 0.15) is 18.1 Å². The lowest BCUT2D eigenvalue weighted by atomic mass is 10.2. The zero-order valence-electron chi connectivity index (χ0n) is 13.4. The number of aryl methyl sites for hydroxylation is 1. The minimum atomic E-state index is -3.40. The van der Waals surface area contributed by atoms with Crippen molar-refractivity contribution in [2.24, 2.45) is 0 Å². The fourth-order valence-corrected chi connectivity index (χ4v) is 2.91. The number of benzene rings is 1. The number of anilines is 2. The zero-order chi connectivity index (χ0) is 17.0. The number of nitrogens with one attached hydrogen (secondary N) is 1. The lowest BCUT2D eigenvalue weighted by molar-refractivity contribution is 0.520. The van der Waals surface area contributed by atoms with E-state index in [9.17, 15) is 8.42 Å². The Bertz CT molecular complexity index is 773. The molecule has 0 spiro atoms. The van der Waals surface area contributed by atoms with Gasteiger partial charge in [-0.3, -0.25) is 0 Å². The molecule has 0 bridgehead atoms. The Morgan fingerprint density at radius 3 is 2.43 bits per heavy atom. The highest BCUT2D eigenvalue weighted by Crippen LogP contribution is 2.17. The molecule has 0 saturated heterocycles. The van der Waals surface area contributed by atoms with Crippen molar-refractivity contribution >= 4 is 21.8 Å². The number of aromatic nitrogens is 2. The van der Waals surface area contributed by atoms with Gasteiger partial charge in [0.1, 0.15) is 5.82 Å². The van der Waals surface area contributed by atoms with Crippen molar-refractivity contribution in [2.75, 3.05) is 25.1 Å². The van der Waals surface area contributed by atoms with Crippen molar-refractivity contribution in [3.63, 3.8) is 0 Å². The molecule has 1 aromatic heterocycles. The van der Waals surface area contributed by atoms with E-state index in [4.69, 9.17) is 5.73 Å². The summed E-state index contributed by atoms with van der Waals surface area (Å²) in [7, 11) is -0.380. The quantitative estimate of drug-likeness (QED) is 0.829. The Morgan fingerprint density at radius 2 is 1.87 bits per heavy atom. The molecule has 3 N–H and O–H groups in total. The molecule has 0 amide bonds. The molecule has 0 fully saturated rings. The molecule has 7 nitrogen and oxygen atoms in total. The van der Waals surface area contributed by atoms with E-state index >= 15 is 0 Å². The van der Waals surface area contributed by atoms with Crippen LogP contribution in [0.15, 0.2) is 35.4 Å². The fourth-order valence-electron chi connectivity index (χ4n) is 2.01. The monoisotopic (exact) mass is 335 g/mol. The van der Waals surface area contributed by atoms with Gasteiger partial charge in [-0.25, -0.2) is 17.7 Å². The summed E-state index contributed by atoms with van der Waals surface area (Å²) < 4.78 is 25.2. The van der Waals surface area contributed by atoms with E-state index in [0.717, 1.165) is 17.5 Å². The van der Waals surface area contributed by atoms with Crippen LogP contribution < -0.4 is 11.1 Å². The summed E-state index contributed by atoms with van der Waals surface area (Å²) in [6.07, 6.45) is 2.50. The third-order valence-corrected chi connectivity index (χ3v) is 5.26. The van der Waals surface area contributed by atoms with E-state index in [2.05, 4.69) is 15.3 Å². The highest BCUT2D eigenvalue weighted by Gasteiger charge is 2.16. The lowest BCUT2D eigenvalue weighted by Crippen LogP contribution is -2.22. The van der Waals surface area contributed by atoms with Gasteiger partial charge < -0.3 is 11.1 Å². The molecule has 0 aliphatic heterocycles. The summed E-state index contributed by atoms with van der Waals surface area (Å²) in [6, 6.07) is 6.75. The van der Waals surface area contributed by atoms with Gasteiger partial charge in [0.05, 0.1) is 4.90 Å². The molecule has 23 heavy (non-hydrogen) atoms. The van der Waals surface area contributed by atoms with Gasteiger partial charge in [-0.2, -0.15) is 4.98 Å². The second-order valence-electron chi connectivity index (χ2n) is 5.24. The summed E-state index contributed by atoms with van der Waals surface area (Å²) in [5.41, 5.74) is 7.54. The summed E-state index contributed by atoms with van der Waals surface area (Å²) in [4.78, 5) is 8.44. The van der Waals surface area contributed by atoms with Crippen LogP contribution in [0.4, 0.5) is 11.8 Å². The lowest BCUT2D eigenvalue weighted by Gasteiger charge is -2.13. The number of nitrogens with zero attached hydrogens (tertiary/aromatic N) is 3. The molecule has 8 heteroatoms. The second-order valence-corrected chi connectivity index (χ2v) is 7.39. The molecular formula is C15H21N5O2S. The van der Waals surface area contributed by atoms with Crippen molar-refractivity contribution in [3.8, 4) is 0 Å². The van der Waals surface area contributed by atoms with Gasteiger partial charge in [0, 0.05) is 32.4 Å². The molecule has 0 aliphatic rings. The largest absolute Gasteiger partial charge is 0.368 e. The molecule has 1 aromatic carbocycles. The first-order chi connectivity index (χ1) is 10.8. The van der Waals surface area contributed by atoms with E-state index in [1.807, 2.05) is 6.92 Å². The second kappa shape index (κ2) is 6.93. The maximum Gasteiger partial charge on any atom is 0.242 e. The van der Waals surface area contributed by atoms with E-state index in [1.165, 1.54) is 18.4 Å². The van der Waals surface area contributed by atoms with Crippen LogP contribution in [0.3, 0.4) is 0 Å². The highest BCUT2D eigenvalue weighted by molar-refractivity contribution is 7.89. The van der Waals surface area contributed by atoms with Crippen LogP contribution in [0, 0.1) is 0 Å². The predicted molar refractivity (Wildman–Crippen MR) is 90.5 cm³/mol. The number of hydrogen-bond donors (Lipinski definition) is 2. The molecular weight excluding hydrogens is 314 g/mol. The van der Waals surface area contributed by atoms with E-state index in [1.54, 1.807) is 30.5 Å². The Balaban J connectivity index is 2.12. The third-order valence-electron chi connectivity index (χ3n) is 3.43. The molecule has 0 radical (unpaired) electrons. The van der Waals surface area contributed by atoms with Gasteiger partial charge in [0.15, 0.2) is 0 Å². The first-order valence-electron chi connectivity index (χ1n) is 7.21. The Hall–Kier alpha value is -2.19. The van der Waals surface area contributed by atoms with Crippen LogP contribution in [-0.4, -0.2) is 36.8 Å². The average Bonchev–Trinajstić information content (AvgIpc) is 2.53. The van der Waals surface area contributed by atoms with Crippen LogP contribution >= 0.6 is 0 Å². The van der Waals surface area contributed by atoms with Crippen molar-refractivity contribution in [3.05, 3.63) is 41.6 Å². The van der Waals surface area contributed by atoms with E-state index < -0.39 is 10.0 Å². The van der Waals surface area contributed by atoms with Crippen LogP contribution in [-0.2, 0) is 23.0 Å². The Labute approximate surface area is 136 Å². The smallest absolute Gasteiger partial charge is 0.242 e. The number of hydrogen-bond acceptors (Lipinski definition) is 6. The summed E-state index contributed by atoms with van der Waals surface area (Å²) >= 11 is 0. The van der Waals surface area contributed by atoms with Crippen LogP contribution in [0.25, 0.3) is 0 Å². The van der Waals surface area contributed by atoms with Gasteiger partial charge in [-0.15, -0.1) is 0 Å². The Kier molecular flexibility index (Phi) is 5.17. The minimum absolute atomic E-state index is 0.220. The van der Waals surface area contributed by atoms with Crippen molar-refractivity contribution in [1.29, 1.82) is 0 Å². The zero-order valence-corrected chi connectivity index (χ0v) is 14.3.